The zero-order chi connectivity index (χ0) is 25.3. The van der Waals surface area contributed by atoms with Crippen LogP contribution in [0.5, 0.6) is 0 Å². The molecule has 3 nitrogen and oxygen atoms in total. The molecule has 5 aliphatic rings. The van der Waals surface area contributed by atoms with Gasteiger partial charge in [0, 0.05) is 36.6 Å². The summed E-state index contributed by atoms with van der Waals surface area (Å²) in [6, 6.07) is 13.3. The number of hydrogen-bond acceptors (Lipinski definition) is 3. The van der Waals surface area contributed by atoms with E-state index in [4.69, 9.17) is 0 Å². The molecule has 5 aliphatic carbocycles. The molecule has 0 N–H and O–H groups in total. The summed E-state index contributed by atoms with van der Waals surface area (Å²) in [5, 5.41) is 0. The Morgan fingerprint density at radius 3 is 2.41 bits per heavy atom. The number of ketones is 2. The van der Waals surface area contributed by atoms with Crippen molar-refractivity contribution in [3.8, 4) is 11.1 Å². The van der Waals surface area contributed by atoms with E-state index in [0.29, 0.717) is 47.6 Å². The molecule has 1 aromatic heterocycles. The maximum Gasteiger partial charge on any atom is 0.156 e. The molecule has 3 saturated carbocycles. The number of benzene rings is 1. The molecular formula is C34H37NO2. The fourth-order valence-corrected chi connectivity index (χ4v) is 9.01. The largest absolute Gasteiger partial charge is 0.299 e. The quantitative estimate of drug-likeness (QED) is 0.445. The topological polar surface area (TPSA) is 47.0 Å². The van der Waals surface area contributed by atoms with Crippen LogP contribution < -0.4 is 0 Å². The zero-order valence-corrected chi connectivity index (χ0v) is 22.1. The summed E-state index contributed by atoms with van der Waals surface area (Å²) in [5.41, 5.74) is 8.24. The molecule has 190 valence electrons. The van der Waals surface area contributed by atoms with E-state index >= 15 is 0 Å². The number of allylic oxidation sites excluding steroid dienone is 4. The second-order valence-electron chi connectivity index (χ2n) is 12.8. The van der Waals surface area contributed by atoms with Gasteiger partial charge in [-0.05, 0) is 114 Å². The van der Waals surface area contributed by atoms with E-state index in [-0.39, 0.29) is 11.3 Å². The predicted molar refractivity (Wildman–Crippen MR) is 146 cm³/mol. The Bertz CT molecular complexity index is 1320. The van der Waals surface area contributed by atoms with Crippen molar-refractivity contribution >= 4 is 11.6 Å². The van der Waals surface area contributed by atoms with Crippen molar-refractivity contribution in [1.29, 1.82) is 0 Å². The molecule has 0 saturated heterocycles. The average molecular weight is 492 g/mol. The van der Waals surface area contributed by atoms with Gasteiger partial charge in [-0.25, -0.2) is 0 Å². The lowest BCUT2D eigenvalue weighted by molar-refractivity contribution is -0.130. The number of aromatic nitrogens is 1. The lowest BCUT2D eigenvalue weighted by Crippen LogP contribution is -2.45. The van der Waals surface area contributed by atoms with Crippen LogP contribution in [0.15, 0.2) is 71.6 Å². The molecular weight excluding hydrogens is 454 g/mol. The molecule has 6 atom stereocenters. The molecule has 0 amide bonds. The van der Waals surface area contributed by atoms with Gasteiger partial charge in [0.2, 0.25) is 0 Å². The number of carbonyl (C=O) groups is 2. The van der Waals surface area contributed by atoms with Gasteiger partial charge in [0.15, 0.2) is 5.78 Å². The Labute approximate surface area is 220 Å². The zero-order valence-electron chi connectivity index (χ0n) is 22.1. The Kier molecular flexibility index (Phi) is 5.43. The first-order valence-corrected chi connectivity index (χ1v) is 14.4. The van der Waals surface area contributed by atoms with Crippen LogP contribution in [0.2, 0.25) is 0 Å². The highest BCUT2D eigenvalue weighted by atomic mass is 16.1. The monoisotopic (exact) mass is 491 g/mol. The van der Waals surface area contributed by atoms with Crippen LogP contribution in [0, 0.1) is 35.0 Å². The molecule has 37 heavy (non-hydrogen) atoms. The average Bonchev–Trinajstić information content (AvgIpc) is 3.72. The lowest BCUT2D eigenvalue weighted by atomic mass is 9.51. The molecule has 0 aliphatic heterocycles. The molecule has 0 spiro atoms. The van der Waals surface area contributed by atoms with Crippen LogP contribution >= 0.6 is 0 Å². The molecule has 2 aromatic rings. The third-order valence-corrected chi connectivity index (χ3v) is 10.7. The van der Waals surface area contributed by atoms with Crippen LogP contribution in [0.4, 0.5) is 0 Å². The van der Waals surface area contributed by atoms with Crippen LogP contribution in [-0.4, -0.2) is 16.6 Å². The van der Waals surface area contributed by atoms with Gasteiger partial charge < -0.3 is 0 Å². The maximum atomic E-state index is 13.7. The van der Waals surface area contributed by atoms with E-state index in [1.807, 2.05) is 18.5 Å². The van der Waals surface area contributed by atoms with Gasteiger partial charge in [-0.1, -0.05) is 43.7 Å². The molecule has 1 aromatic carbocycles. The van der Waals surface area contributed by atoms with E-state index in [1.54, 1.807) is 5.57 Å². The SMILES string of the molecule is C[C@@H]1C[C@H]2[C@@H]3CCC4=CC(=O)CCC4=C3[C@@H](c3ccc(-c4ccncc4)cc3)C[C@]2(C)[C@H]1C(=O)C1CC1. The first kappa shape index (κ1) is 23.3. The molecule has 3 fully saturated rings. The van der Waals surface area contributed by atoms with Gasteiger partial charge in [0.25, 0.3) is 0 Å². The number of nitrogens with zero attached hydrogens (tertiary/aromatic N) is 1. The second kappa shape index (κ2) is 8.61. The minimum absolute atomic E-state index is 0.0496. The third kappa shape index (κ3) is 3.72. The third-order valence-electron chi connectivity index (χ3n) is 10.7. The standard InChI is InChI=1S/C34H37NO2/c1-20-17-30-28-11-9-25-18-26(36)10-12-27(25)31(28)29(19-34(30,2)32(20)33(37)24-7-8-24)23-5-3-21(4-6-23)22-13-15-35-16-14-22/h3-6,13-16,18,20,24,28-30,32H,7-12,17,19H2,1-2H3/t20-,28+,29-,30+,32-,34+/m1/s1. The van der Waals surface area contributed by atoms with Gasteiger partial charge in [0.05, 0.1) is 0 Å². The van der Waals surface area contributed by atoms with E-state index in [0.717, 1.165) is 38.5 Å². The van der Waals surface area contributed by atoms with Crippen molar-refractivity contribution < 1.29 is 9.59 Å². The van der Waals surface area contributed by atoms with Crippen LogP contribution in [0.25, 0.3) is 11.1 Å². The minimum Gasteiger partial charge on any atom is -0.299 e. The highest BCUT2D eigenvalue weighted by Gasteiger charge is 2.61. The van der Waals surface area contributed by atoms with Gasteiger partial charge in [-0.15, -0.1) is 0 Å². The summed E-state index contributed by atoms with van der Waals surface area (Å²) in [7, 11) is 0. The molecule has 3 heteroatoms. The fourth-order valence-electron chi connectivity index (χ4n) is 9.01. The van der Waals surface area contributed by atoms with Gasteiger partial charge in [0.1, 0.15) is 5.78 Å². The van der Waals surface area contributed by atoms with Gasteiger partial charge in [-0.3, -0.25) is 14.6 Å². The van der Waals surface area contributed by atoms with Crippen LogP contribution in [-0.2, 0) is 9.59 Å². The van der Waals surface area contributed by atoms with E-state index in [2.05, 4.69) is 55.2 Å². The summed E-state index contributed by atoms with van der Waals surface area (Å²) < 4.78 is 0. The highest BCUT2D eigenvalue weighted by molar-refractivity contribution is 5.93. The fraction of sp³-hybridized carbons (Fsp3) is 0.500. The Hall–Kier alpha value is -2.81. The van der Waals surface area contributed by atoms with Crippen LogP contribution in [0.3, 0.4) is 0 Å². The Morgan fingerprint density at radius 1 is 0.946 bits per heavy atom. The van der Waals surface area contributed by atoms with Crippen molar-refractivity contribution in [2.45, 2.75) is 71.1 Å². The normalized spacial score (nSPS) is 34.9. The summed E-state index contributed by atoms with van der Waals surface area (Å²) in [6.45, 7) is 4.83. The predicted octanol–water partition coefficient (Wildman–Crippen LogP) is 7.49. The van der Waals surface area contributed by atoms with Gasteiger partial charge in [-0.2, -0.15) is 0 Å². The number of hydrogen-bond donors (Lipinski definition) is 0. The van der Waals surface area contributed by atoms with Crippen molar-refractivity contribution in [2.75, 3.05) is 0 Å². The number of carbonyl (C=O) groups excluding carboxylic acids is 2. The number of pyridine rings is 1. The number of rotatable bonds is 4. The maximum absolute atomic E-state index is 13.7. The van der Waals surface area contributed by atoms with Crippen molar-refractivity contribution in [3.05, 3.63) is 77.2 Å². The lowest BCUT2D eigenvalue weighted by Gasteiger charge is -2.52. The molecule has 1 heterocycles. The number of fused-ring (bicyclic) bond motifs is 4. The second-order valence-corrected chi connectivity index (χ2v) is 12.8. The molecule has 7 rings (SSSR count). The first-order valence-electron chi connectivity index (χ1n) is 14.4. The summed E-state index contributed by atoms with van der Waals surface area (Å²) in [4.78, 5) is 30.2. The van der Waals surface area contributed by atoms with E-state index in [9.17, 15) is 9.59 Å². The van der Waals surface area contributed by atoms with Crippen molar-refractivity contribution in [2.24, 2.45) is 35.0 Å². The van der Waals surface area contributed by atoms with Crippen molar-refractivity contribution in [3.63, 3.8) is 0 Å². The van der Waals surface area contributed by atoms with Gasteiger partial charge >= 0.3 is 0 Å². The Balaban J connectivity index is 1.34. The molecule has 0 bridgehead atoms. The summed E-state index contributed by atoms with van der Waals surface area (Å²) in [6.07, 6.45) is 13.8. The Morgan fingerprint density at radius 2 is 1.68 bits per heavy atom. The van der Waals surface area contributed by atoms with E-state index < -0.39 is 0 Å². The first-order chi connectivity index (χ1) is 17.9. The highest BCUT2D eigenvalue weighted by Crippen LogP contribution is 2.67. The minimum atomic E-state index is 0.0496. The smallest absolute Gasteiger partial charge is 0.156 e. The summed E-state index contributed by atoms with van der Waals surface area (Å²) >= 11 is 0. The summed E-state index contributed by atoms with van der Waals surface area (Å²) in [5.74, 6) is 3.27. The van der Waals surface area contributed by atoms with E-state index in [1.165, 1.54) is 34.3 Å². The van der Waals surface area contributed by atoms with Crippen molar-refractivity contribution in [1.82, 2.24) is 4.98 Å². The van der Waals surface area contributed by atoms with Crippen LogP contribution in [0.1, 0.15) is 76.7 Å². The number of Topliss-reactive ketones (excluding diaryl/α,β-unsaturated/α-hetero) is 1. The molecule has 0 unspecified atom stereocenters. The molecule has 0 radical (unpaired) electrons.